The highest BCUT2D eigenvalue weighted by Gasteiger charge is 2.24. The minimum absolute atomic E-state index is 0.0290. The van der Waals surface area contributed by atoms with Crippen molar-refractivity contribution in [2.45, 2.75) is 51.5 Å². The molecule has 0 saturated carbocycles. The monoisotopic (exact) mass is 375 g/mol. The van der Waals surface area contributed by atoms with Gasteiger partial charge in [0.1, 0.15) is 11.5 Å². The molecule has 8 nitrogen and oxygen atoms in total. The maximum Gasteiger partial charge on any atom is 0.409 e. The van der Waals surface area contributed by atoms with E-state index in [1.165, 1.54) is 12.8 Å². The molecule has 2 aliphatic rings. The van der Waals surface area contributed by atoms with Crippen LogP contribution in [-0.2, 0) is 4.74 Å². The number of nitrogens with zero attached hydrogens (tertiary/aromatic N) is 4. The van der Waals surface area contributed by atoms with Crippen LogP contribution in [0.1, 0.15) is 55.9 Å². The predicted molar refractivity (Wildman–Crippen MR) is 102 cm³/mol. The lowest BCUT2D eigenvalue weighted by molar-refractivity contribution is 0.0755. The van der Waals surface area contributed by atoms with E-state index >= 15 is 0 Å². The summed E-state index contributed by atoms with van der Waals surface area (Å²) in [5.74, 6) is 0.635. The number of hydrogen-bond acceptors (Lipinski definition) is 6. The van der Waals surface area contributed by atoms with Gasteiger partial charge in [0.15, 0.2) is 0 Å². The molecule has 3 rings (SSSR count). The van der Waals surface area contributed by atoms with Crippen LogP contribution in [-0.4, -0.2) is 70.6 Å². The average Bonchev–Trinajstić information content (AvgIpc) is 2.98. The van der Waals surface area contributed by atoms with Crippen LogP contribution in [0.5, 0.6) is 0 Å². The summed E-state index contributed by atoms with van der Waals surface area (Å²) in [7, 11) is 0. The molecule has 27 heavy (non-hydrogen) atoms. The van der Waals surface area contributed by atoms with Crippen molar-refractivity contribution in [2.75, 3.05) is 38.1 Å². The fourth-order valence-electron chi connectivity index (χ4n) is 3.58. The second-order valence-corrected chi connectivity index (χ2v) is 7.10. The number of anilines is 1. The van der Waals surface area contributed by atoms with E-state index in [9.17, 15) is 9.59 Å². The topological polar surface area (TPSA) is 87.7 Å². The van der Waals surface area contributed by atoms with Gasteiger partial charge in [-0.3, -0.25) is 4.79 Å². The molecule has 0 unspecified atom stereocenters. The number of hydrogen-bond donors (Lipinski definition) is 1. The standard InChI is InChI=1S/C19H29N5O3/c1-2-27-19(26)24-11-7-15(8-12-24)22-17-14-20-16(13-21-17)18(25)23-9-5-3-4-6-10-23/h13-15H,2-12H2,1H3,(H,21,22). The molecular weight excluding hydrogens is 346 g/mol. The zero-order valence-electron chi connectivity index (χ0n) is 16.0. The first-order valence-electron chi connectivity index (χ1n) is 9.97. The molecule has 2 aliphatic heterocycles. The largest absolute Gasteiger partial charge is 0.450 e. The highest BCUT2D eigenvalue weighted by Crippen LogP contribution is 2.16. The minimum Gasteiger partial charge on any atom is -0.450 e. The maximum absolute atomic E-state index is 12.6. The fourth-order valence-corrected chi connectivity index (χ4v) is 3.58. The Morgan fingerprint density at radius 1 is 1.04 bits per heavy atom. The second-order valence-electron chi connectivity index (χ2n) is 7.10. The van der Waals surface area contributed by atoms with Crippen LogP contribution in [0.2, 0.25) is 0 Å². The molecule has 2 fully saturated rings. The van der Waals surface area contributed by atoms with Crippen LogP contribution in [0.15, 0.2) is 12.4 Å². The Hall–Kier alpha value is -2.38. The van der Waals surface area contributed by atoms with E-state index in [-0.39, 0.29) is 18.0 Å². The Labute approximate surface area is 160 Å². The van der Waals surface area contributed by atoms with E-state index in [1.807, 2.05) is 11.8 Å². The zero-order chi connectivity index (χ0) is 19.1. The van der Waals surface area contributed by atoms with Crippen molar-refractivity contribution >= 4 is 17.8 Å². The smallest absolute Gasteiger partial charge is 0.409 e. The first-order chi connectivity index (χ1) is 13.2. The molecule has 0 bridgehead atoms. The van der Waals surface area contributed by atoms with Crippen molar-refractivity contribution in [3.63, 3.8) is 0 Å². The number of rotatable bonds is 4. The van der Waals surface area contributed by atoms with Gasteiger partial charge in [-0.15, -0.1) is 0 Å². The number of carbonyl (C=O) groups is 2. The van der Waals surface area contributed by atoms with Crippen LogP contribution < -0.4 is 5.32 Å². The van der Waals surface area contributed by atoms with Gasteiger partial charge in [-0.05, 0) is 32.6 Å². The van der Waals surface area contributed by atoms with Crippen LogP contribution in [0.4, 0.5) is 10.6 Å². The van der Waals surface area contributed by atoms with E-state index in [0.29, 0.717) is 31.2 Å². The molecule has 2 saturated heterocycles. The van der Waals surface area contributed by atoms with Gasteiger partial charge >= 0.3 is 6.09 Å². The molecule has 2 amide bonds. The van der Waals surface area contributed by atoms with E-state index in [2.05, 4.69) is 15.3 Å². The van der Waals surface area contributed by atoms with E-state index in [0.717, 1.165) is 38.8 Å². The van der Waals surface area contributed by atoms with Gasteiger partial charge < -0.3 is 19.9 Å². The van der Waals surface area contributed by atoms with Crippen molar-refractivity contribution in [1.82, 2.24) is 19.8 Å². The van der Waals surface area contributed by atoms with Crippen molar-refractivity contribution in [1.29, 1.82) is 0 Å². The van der Waals surface area contributed by atoms with E-state index in [4.69, 9.17) is 4.74 Å². The summed E-state index contributed by atoms with van der Waals surface area (Å²) < 4.78 is 5.04. The molecule has 0 spiro atoms. The first kappa shape index (κ1) is 19.4. The molecular formula is C19H29N5O3. The van der Waals surface area contributed by atoms with E-state index < -0.39 is 0 Å². The molecule has 0 aliphatic carbocycles. The van der Waals surface area contributed by atoms with Gasteiger partial charge in [0, 0.05) is 32.2 Å². The molecule has 8 heteroatoms. The van der Waals surface area contributed by atoms with Gasteiger partial charge in [-0.1, -0.05) is 12.8 Å². The second kappa shape index (κ2) is 9.53. The van der Waals surface area contributed by atoms with Gasteiger partial charge in [-0.25, -0.2) is 14.8 Å². The number of amides is 2. The third-order valence-electron chi connectivity index (χ3n) is 5.14. The van der Waals surface area contributed by atoms with Crippen LogP contribution in [0.3, 0.4) is 0 Å². The van der Waals surface area contributed by atoms with Crippen LogP contribution in [0, 0.1) is 0 Å². The normalized spacial score (nSPS) is 18.7. The summed E-state index contributed by atoms with van der Waals surface area (Å²) in [6, 6.07) is 0.233. The lowest BCUT2D eigenvalue weighted by atomic mass is 10.1. The summed E-state index contributed by atoms with van der Waals surface area (Å²) in [6.45, 7) is 5.14. The number of carbonyl (C=O) groups excluding carboxylic acids is 2. The Morgan fingerprint density at radius 3 is 2.33 bits per heavy atom. The van der Waals surface area contributed by atoms with Crippen LogP contribution in [0.25, 0.3) is 0 Å². The number of ether oxygens (including phenoxy) is 1. The Morgan fingerprint density at radius 2 is 1.74 bits per heavy atom. The van der Waals surface area contributed by atoms with Crippen molar-refractivity contribution in [3.8, 4) is 0 Å². The number of piperidine rings is 1. The summed E-state index contributed by atoms with van der Waals surface area (Å²) in [5, 5.41) is 3.35. The van der Waals surface area contributed by atoms with Gasteiger partial charge in [0.05, 0.1) is 19.0 Å². The zero-order valence-corrected chi connectivity index (χ0v) is 16.0. The van der Waals surface area contributed by atoms with Crippen molar-refractivity contribution < 1.29 is 14.3 Å². The quantitative estimate of drug-likeness (QED) is 0.870. The van der Waals surface area contributed by atoms with Gasteiger partial charge in [-0.2, -0.15) is 0 Å². The Bertz CT molecular complexity index is 621. The third-order valence-corrected chi connectivity index (χ3v) is 5.14. The number of likely N-dealkylation sites (tertiary alicyclic amines) is 2. The average molecular weight is 375 g/mol. The number of nitrogens with one attached hydrogen (secondary N) is 1. The Kier molecular flexibility index (Phi) is 6.84. The minimum atomic E-state index is -0.243. The van der Waals surface area contributed by atoms with Crippen molar-refractivity contribution in [3.05, 3.63) is 18.1 Å². The lowest BCUT2D eigenvalue weighted by Crippen LogP contribution is -2.42. The molecule has 3 heterocycles. The van der Waals surface area contributed by atoms with Crippen LogP contribution >= 0.6 is 0 Å². The predicted octanol–water partition coefficient (Wildman–Crippen LogP) is 2.53. The summed E-state index contributed by atoms with van der Waals surface area (Å²) in [6.07, 6.45) is 9.09. The third kappa shape index (κ3) is 5.30. The van der Waals surface area contributed by atoms with Gasteiger partial charge in [0.2, 0.25) is 0 Å². The lowest BCUT2D eigenvalue weighted by Gasteiger charge is -2.31. The fraction of sp³-hybridized carbons (Fsp3) is 0.684. The highest BCUT2D eigenvalue weighted by atomic mass is 16.6. The molecule has 148 valence electrons. The molecule has 1 aromatic rings. The first-order valence-corrected chi connectivity index (χ1v) is 9.97. The Balaban J connectivity index is 1.49. The summed E-state index contributed by atoms with van der Waals surface area (Å²) in [4.78, 5) is 36.6. The number of aromatic nitrogens is 2. The van der Waals surface area contributed by atoms with E-state index in [1.54, 1.807) is 17.3 Å². The molecule has 0 atom stereocenters. The molecule has 1 N–H and O–H groups in total. The molecule has 0 radical (unpaired) electrons. The summed E-state index contributed by atoms with van der Waals surface area (Å²) >= 11 is 0. The highest BCUT2D eigenvalue weighted by molar-refractivity contribution is 5.92. The molecule has 0 aromatic carbocycles. The maximum atomic E-state index is 12.6. The van der Waals surface area contributed by atoms with Gasteiger partial charge in [0.25, 0.3) is 5.91 Å². The SMILES string of the molecule is CCOC(=O)N1CCC(Nc2cnc(C(=O)N3CCCCCC3)cn2)CC1. The van der Waals surface area contributed by atoms with Crippen molar-refractivity contribution in [2.24, 2.45) is 0 Å². The summed E-state index contributed by atoms with van der Waals surface area (Å²) in [5.41, 5.74) is 0.402. The molecule has 1 aromatic heterocycles.